The topological polar surface area (TPSA) is 51.8 Å². The summed E-state index contributed by atoms with van der Waals surface area (Å²) in [6.45, 7) is 0.535. The maximum absolute atomic E-state index is 5.50. The van der Waals surface area contributed by atoms with Gasteiger partial charge >= 0.3 is 0 Å². The second-order valence-electron chi connectivity index (χ2n) is 2.99. The van der Waals surface area contributed by atoms with Crippen molar-refractivity contribution in [3.8, 4) is 0 Å². The Balaban J connectivity index is 2.11. The van der Waals surface area contributed by atoms with Crippen LogP contribution in [0.1, 0.15) is 5.56 Å². The Labute approximate surface area is 92.8 Å². The molecule has 2 aromatic heterocycles. The smallest absolute Gasteiger partial charge is 0.101 e. The van der Waals surface area contributed by atoms with Crippen LogP contribution in [-0.4, -0.2) is 9.97 Å². The second-order valence-corrected chi connectivity index (χ2v) is 4.09. The predicted octanol–water partition coefficient (Wildman–Crippen LogP) is 2.09. The van der Waals surface area contributed by atoms with Gasteiger partial charge in [-0.3, -0.25) is 4.98 Å². The van der Waals surface area contributed by atoms with E-state index >= 15 is 0 Å². The molecular weight excluding hydrogens is 206 g/mol. The van der Waals surface area contributed by atoms with Crippen molar-refractivity contribution in [2.24, 2.45) is 5.73 Å². The van der Waals surface area contributed by atoms with Gasteiger partial charge in [-0.25, -0.2) is 4.98 Å². The fraction of sp³-hybridized carbons (Fsp3) is 0.0909. The van der Waals surface area contributed by atoms with Crippen molar-refractivity contribution in [1.29, 1.82) is 0 Å². The summed E-state index contributed by atoms with van der Waals surface area (Å²) in [5.74, 6) is 0. The van der Waals surface area contributed by atoms with Crippen LogP contribution in [0.15, 0.2) is 52.8 Å². The van der Waals surface area contributed by atoms with E-state index in [0.717, 1.165) is 15.5 Å². The van der Waals surface area contributed by atoms with Crippen molar-refractivity contribution >= 4 is 11.8 Å². The SMILES string of the molecule is NCc1ccc(Sc2ccncc2)nc1. The Morgan fingerprint density at radius 1 is 1.13 bits per heavy atom. The molecule has 0 aliphatic heterocycles. The summed E-state index contributed by atoms with van der Waals surface area (Å²) in [7, 11) is 0. The highest BCUT2D eigenvalue weighted by molar-refractivity contribution is 7.99. The van der Waals surface area contributed by atoms with Gasteiger partial charge in [0.1, 0.15) is 5.03 Å². The highest BCUT2D eigenvalue weighted by Crippen LogP contribution is 2.24. The maximum Gasteiger partial charge on any atom is 0.101 e. The molecule has 76 valence electrons. The average molecular weight is 217 g/mol. The zero-order chi connectivity index (χ0) is 10.5. The van der Waals surface area contributed by atoms with E-state index < -0.39 is 0 Å². The van der Waals surface area contributed by atoms with Crippen LogP contribution < -0.4 is 5.73 Å². The van der Waals surface area contributed by atoms with Gasteiger partial charge in [0.15, 0.2) is 0 Å². The van der Waals surface area contributed by atoms with Gasteiger partial charge in [-0.05, 0) is 23.8 Å². The molecule has 0 aliphatic carbocycles. The first-order valence-electron chi connectivity index (χ1n) is 4.61. The van der Waals surface area contributed by atoms with E-state index in [4.69, 9.17) is 5.73 Å². The molecule has 3 nitrogen and oxygen atoms in total. The lowest BCUT2D eigenvalue weighted by Crippen LogP contribution is -1.96. The van der Waals surface area contributed by atoms with Gasteiger partial charge in [-0.2, -0.15) is 0 Å². The minimum absolute atomic E-state index is 0.535. The van der Waals surface area contributed by atoms with Crippen LogP contribution in [0.2, 0.25) is 0 Å². The molecule has 0 aliphatic rings. The zero-order valence-corrected chi connectivity index (χ0v) is 8.95. The number of hydrogen-bond donors (Lipinski definition) is 1. The highest BCUT2D eigenvalue weighted by atomic mass is 32.2. The number of nitrogens with zero attached hydrogens (tertiary/aromatic N) is 2. The normalized spacial score (nSPS) is 10.2. The van der Waals surface area contributed by atoms with Crippen LogP contribution >= 0.6 is 11.8 Å². The van der Waals surface area contributed by atoms with E-state index in [1.54, 1.807) is 24.2 Å². The lowest BCUT2D eigenvalue weighted by molar-refractivity contribution is 1.01. The van der Waals surface area contributed by atoms with Gasteiger partial charge in [0.2, 0.25) is 0 Å². The van der Waals surface area contributed by atoms with Gasteiger partial charge in [0.05, 0.1) is 0 Å². The Hall–Kier alpha value is -1.39. The van der Waals surface area contributed by atoms with Crippen molar-refractivity contribution in [2.75, 3.05) is 0 Å². The minimum Gasteiger partial charge on any atom is -0.326 e. The quantitative estimate of drug-likeness (QED) is 0.855. The van der Waals surface area contributed by atoms with Crippen LogP contribution in [0, 0.1) is 0 Å². The number of pyridine rings is 2. The largest absolute Gasteiger partial charge is 0.326 e. The molecule has 0 spiro atoms. The first-order valence-corrected chi connectivity index (χ1v) is 5.43. The Kier molecular flexibility index (Phi) is 3.32. The summed E-state index contributed by atoms with van der Waals surface area (Å²) < 4.78 is 0. The second kappa shape index (κ2) is 4.91. The third-order valence-electron chi connectivity index (χ3n) is 1.91. The Bertz CT molecular complexity index is 414. The van der Waals surface area contributed by atoms with Gasteiger partial charge in [0, 0.05) is 30.0 Å². The molecule has 2 N–H and O–H groups in total. The third kappa shape index (κ3) is 2.78. The average Bonchev–Trinajstić information content (AvgIpc) is 2.31. The van der Waals surface area contributed by atoms with Crippen molar-refractivity contribution in [3.63, 3.8) is 0 Å². The standard InChI is InChI=1S/C11H11N3S/c12-7-9-1-2-11(14-8-9)15-10-3-5-13-6-4-10/h1-6,8H,7,12H2. The highest BCUT2D eigenvalue weighted by Gasteiger charge is 1.97. The Morgan fingerprint density at radius 3 is 2.53 bits per heavy atom. The van der Waals surface area contributed by atoms with Crippen LogP contribution in [0.3, 0.4) is 0 Å². The van der Waals surface area contributed by atoms with Crippen LogP contribution in [0.4, 0.5) is 0 Å². The van der Waals surface area contributed by atoms with Crippen LogP contribution in [0.5, 0.6) is 0 Å². The third-order valence-corrected chi connectivity index (χ3v) is 2.86. The van der Waals surface area contributed by atoms with Gasteiger partial charge in [-0.15, -0.1) is 0 Å². The maximum atomic E-state index is 5.50. The number of hydrogen-bond acceptors (Lipinski definition) is 4. The monoisotopic (exact) mass is 217 g/mol. The molecule has 0 radical (unpaired) electrons. The molecule has 2 rings (SSSR count). The van der Waals surface area contributed by atoms with E-state index in [9.17, 15) is 0 Å². The molecule has 15 heavy (non-hydrogen) atoms. The van der Waals surface area contributed by atoms with Gasteiger partial charge in [0.25, 0.3) is 0 Å². The fourth-order valence-corrected chi connectivity index (χ4v) is 1.86. The van der Waals surface area contributed by atoms with Crippen molar-refractivity contribution in [1.82, 2.24) is 9.97 Å². The number of aromatic nitrogens is 2. The lowest BCUT2D eigenvalue weighted by Gasteiger charge is -2.01. The van der Waals surface area contributed by atoms with E-state index in [1.165, 1.54) is 0 Å². The molecular formula is C11H11N3S. The van der Waals surface area contributed by atoms with Crippen LogP contribution in [-0.2, 0) is 6.54 Å². The van der Waals surface area contributed by atoms with E-state index in [-0.39, 0.29) is 0 Å². The van der Waals surface area contributed by atoms with Gasteiger partial charge in [-0.1, -0.05) is 17.8 Å². The summed E-state index contributed by atoms with van der Waals surface area (Å²) >= 11 is 1.61. The zero-order valence-electron chi connectivity index (χ0n) is 8.13. The van der Waals surface area contributed by atoms with E-state index in [1.807, 2.05) is 30.5 Å². The van der Waals surface area contributed by atoms with Crippen LogP contribution in [0.25, 0.3) is 0 Å². The summed E-state index contributed by atoms with van der Waals surface area (Å²) in [6.07, 6.45) is 5.36. The summed E-state index contributed by atoms with van der Waals surface area (Å²) in [5.41, 5.74) is 6.55. The molecule has 0 aromatic carbocycles. The molecule has 4 heteroatoms. The Morgan fingerprint density at radius 2 is 1.93 bits per heavy atom. The van der Waals surface area contributed by atoms with Crippen molar-refractivity contribution < 1.29 is 0 Å². The molecule has 2 heterocycles. The van der Waals surface area contributed by atoms with E-state index in [0.29, 0.717) is 6.54 Å². The molecule has 0 saturated heterocycles. The summed E-state index contributed by atoms with van der Waals surface area (Å²) in [4.78, 5) is 9.41. The first kappa shape index (κ1) is 10.1. The molecule has 0 amide bonds. The number of nitrogens with two attached hydrogens (primary N) is 1. The van der Waals surface area contributed by atoms with Crippen molar-refractivity contribution in [2.45, 2.75) is 16.5 Å². The number of rotatable bonds is 3. The first-order chi connectivity index (χ1) is 7.38. The lowest BCUT2D eigenvalue weighted by atomic mass is 10.3. The van der Waals surface area contributed by atoms with E-state index in [2.05, 4.69) is 9.97 Å². The van der Waals surface area contributed by atoms with Gasteiger partial charge < -0.3 is 5.73 Å². The molecule has 0 unspecified atom stereocenters. The summed E-state index contributed by atoms with van der Waals surface area (Å²) in [6, 6.07) is 7.90. The van der Waals surface area contributed by atoms with Crippen molar-refractivity contribution in [3.05, 3.63) is 48.4 Å². The predicted molar refractivity (Wildman–Crippen MR) is 60.5 cm³/mol. The minimum atomic E-state index is 0.535. The molecule has 2 aromatic rings. The molecule has 0 saturated carbocycles. The summed E-state index contributed by atoms with van der Waals surface area (Å²) in [5, 5.41) is 0.971. The fourth-order valence-electron chi connectivity index (χ4n) is 1.12. The molecule has 0 atom stereocenters. The molecule has 0 bridgehead atoms. The molecule has 0 fully saturated rings.